The molecule has 0 spiro atoms. The maximum atomic E-state index is 11.8. The molecule has 21 heavy (non-hydrogen) atoms. The van der Waals surface area contributed by atoms with Crippen LogP contribution in [0.25, 0.3) is 0 Å². The Hall–Kier alpha value is -1.72. The molecule has 0 bridgehead atoms. The van der Waals surface area contributed by atoms with Crippen molar-refractivity contribution < 1.29 is 14.3 Å². The maximum Gasteiger partial charge on any atom is 0.252 e. The molecule has 0 atom stereocenters. The Morgan fingerprint density at radius 3 is 3.00 bits per heavy atom. The van der Waals surface area contributed by atoms with Crippen molar-refractivity contribution in [2.24, 2.45) is 0 Å². The van der Waals surface area contributed by atoms with Crippen molar-refractivity contribution in [3.63, 3.8) is 0 Å². The second kappa shape index (κ2) is 6.37. The van der Waals surface area contributed by atoms with E-state index in [4.69, 9.17) is 21.1 Å². The number of fused-ring (bicyclic) bond motifs is 1. The van der Waals surface area contributed by atoms with E-state index in [2.05, 4.69) is 5.32 Å². The average Bonchev–Trinajstić information content (AvgIpc) is 3.01. The summed E-state index contributed by atoms with van der Waals surface area (Å²) >= 11 is 7.69. The molecule has 2 heterocycles. The number of benzene rings is 1. The number of nitrogens with one attached hydrogen (secondary N) is 1. The molecule has 0 saturated heterocycles. The zero-order chi connectivity index (χ0) is 14.7. The molecule has 0 unspecified atom stereocenters. The number of carbonyl (C=O) groups is 1. The predicted octanol–water partition coefficient (Wildman–Crippen LogP) is 3.15. The van der Waals surface area contributed by atoms with Crippen LogP contribution < -0.4 is 14.8 Å². The van der Waals surface area contributed by atoms with Crippen molar-refractivity contribution in [2.45, 2.75) is 6.42 Å². The minimum atomic E-state index is -0.0557. The minimum Gasteiger partial charge on any atom is -0.486 e. The Kier molecular flexibility index (Phi) is 4.31. The third-order valence-electron chi connectivity index (χ3n) is 3.14. The number of carbonyl (C=O) groups excluding carboxylic acids is 1. The molecule has 1 aromatic carbocycles. The molecule has 1 aliphatic rings. The molecule has 0 fully saturated rings. The van der Waals surface area contributed by atoms with Crippen molar-refractivity contribution in [1.82, 2.24) is 5.32 Å². The van der Waals surface area contributed by atoms with E-state index in [1.165, 1.54) is 11.3 Å². The van der Waals surface area contributed by atoms with Gasteiger partial charge in [0.15, 0.2) is 11.5 Å². The van der Waals surface area contributed by atoms with Crippen LogP contribution >= 0.6 is 22.9 Å². The lowest BCUT2D eigenvalue weighted by Crippen LogP contribution is -2.25. The van der Waals surface area contributed by atoms with E-state index in [1.54, 1.807) is 6.07 Å². The normalized spacial score (nSPS) is 13.0. The highest BCUT2D eigenvalue weighted by Crippen LogP contribution is 2.38. The molecular formula is C15H14ClNO3S. The summed E-state index contributed by atoms with van der Waals surface area (Å²) in [6.45, 7) is 1.59. The average molecular weight is 324 g/mol. The molecule has 2 aromatic rings. The maximum absolute atomic E-state index is 11.8. The van der Waals surface area contributed by atoms with E-state index in [0.717, 1.165) is 5.56 Å². The topological polar surface area (TPSA) is 47.6 Å². The number of thiophene rings is 1. The Bertz CT molecular complexity index is 643. The zero-order valence-corrected chi connectivity index (χ0v) is 12.8. The second-order valence-corrected chi connectivity index (χ2v) is 5.81. The predicted molar refractivity (Wildman–Crippen MR) is 82.8 cm³/mol. The number of rotatable bonds is 4. The van der Waals surface area contributed by atoms with Gasteiger partial charge in [0.05, 0.1) is 5.02 Å². The highest BCUT2D eigenvalue weighted by Gasteiger charge is 2.16. The van der Waals surface area contributed by atoms with Crippen LogP contribution in [0.2, 0.25) is 5.02 Å². The van der Waals surface area contributed by atoms with Crippen LogP contribution in [-0.2, 0) is 6.42 Å². The summed E-state index contributed by atoms with van der Waals surface area (Å²) in [6.07, 6.45) is 0.687. The van der Waals surface area contributed by atoms with Gasteiger partial charge in [-0.2, -0.15) is 11.3 Å². The smallest absolute Gasteiger partial charge is 0.252 e. The van der Waals surface area contributed by atoms with Gasteiger partial charge in [0, 0.05) is 17.5 Å². The second-order valence-electron chi connectivity index (χ2n) is 4.62. The van der Waals surface area contributed by atoms with E-state index in [9.17, 15) is 4.79 Å². The van der Waals surface area contributed by atoms with Crippen LogP contribution in [0, 0.1) is 0 Å². The summed E-state index contributed by atoms with van der Waals surface area (Å²) in [4.78, 5) is 11.8. The Balaban J connectivity index is 1.61. The molecule has 1 amide bonds. The van der Waals surface area contributed by atoms with Gasteiger partial charge < -0.3 is 14.8 Å². The van der Waals surface area contributed by atoms with Gasteiger partial charge in [0.2, 0.25) is 0 Å². The van der Waals surface area contributed by atoms with Gasteiger partial charge >= 0.3 is 0 Å². The van der Waals surface area contributed by atoms with E-state index < -0.39 is 0 Å². The lowest BCUT2D eigenvalue weighted by molar-refractivity contribution is 0.0954. The first kappa shape index (κ1) is 14.2. The van der Waals surface area contributed by atoms with Crippen LogP contribution in [0.15, 0.2) is 29.0 Å². The Morgan fingerprint density at radius 1 is 1.33 bits per heavy atom. The van der Waals surface area contributed by atoms with Crippen LogP contribution in [-0.4, -0.2) is 25.7 Å². The van der Waals surface area contributed by atoms with Gasteiger partial charge in [0.1, 0.15) is 13.2 Å². The molecule has 1 aliphatic heterocycles. The highest BCUT2D eigenvalue weighted by atomic mass is 35.5. The summed E-state index contributed by atoms with van der Waals surface area (Å²) in [5, 5.41) is 7.15. The van der Waals surface area contributed by atoms with Crippen LogP contribution in [0.5, 0.6) is 11.5 Å². The molecule has 4 nitrogen and oxygen atoms in total. The first-order valence-corrected chi connectivity index (χ1v) is 7.94. The van der Waals surface area contributed by atoms with Crippen molar-refractivity contribution in [2.75, 3.05) is 19.8 Å². The van der Waals surface area contributed by atoms with Gasteiger partial charge in [-0.1, -0.05) is 11.6 Å². The van der Waals surface area contributed by atoms with Crippen LogP contribution in [0.3, 0.4) is 0 Å². The number of hydrogen-bond acceptors (Lipinski definition) is 4. The summed E-state index contributed by atoms with van der Waals surface area (Å²) in [5.74, 6) is 1.22. The fraction of sp³-hybridized carbons (Fsp3) is 0.267. The zero-order valence-electron chi connectivity index (χ0n) is 11.2. The summed E-state index contributed by atoms with van der Waals surface area (Å²) in [5.41, 5.74) is 1.70. The Labute approximate surface area is 131 Å². The lowest BCUT2D eigenvalue weighted by Gasteiger charge is -2.20. The standard InChI is InChI=1S/C15H14ClNO3S/c16-12-7-10(8-13-14(12)20-5-4-19-13)1-3-17-15(18)11-2-6-21-9-11/h2,6-9H,1,3-5H2,(H,17,18). The lowest BCUT2D eigenvalue weighted by atomic mass is 10.1. The van der Waals surface area contributed by atoms with Crippen molar-refractivity contribution in [1.29, 1.82) is 0 Å². The van der Waals surface area contributed by atoms with Crippen molar-refractivity contribution in [3.8, 4) is 11.5 Å². The number of amides is 1. The first-order chi connectivity index (χ1) is 10.2. The van der Waals surface area contributed by atoms with Gasteiger partial charge in [-0.05, 0) is 35.6 Å². The summed E-state index contributed by atoms with van der Waals surface area (Å²) in [6, 6.07) is 5.57. The number of hydrogen-bond donors (Lipinski definition) is 1. The molecule has 110 valence electrons. The molecule has 0 saturated carbocycles. The molecule has 1 aromatic heterocycles. The monoisotopic (exact) mass is 323 g/mol. The first-order valence-electron chi connectivity index (χ1n) is 6.62. The Morgan fingerprint density at radius 2 is 2.19 bits per heavy atom. The third-order valence-corrected chi connectivity index (χ3v) is 4.10. The van der Waals surface area contributed by atoms with Gasteiger partial charge in [-0.3, -0.25) is 4.79 Å². The van der Waals surface area contributed by atoms with E-state index in [-0.39, 0.29) is 5.91 Å². The molecule has 1 N–H and O–H groups in total. The number of halogens is 1. The highest BCUT2D eigenvalue weighted by molar-refractivity contribution is 7.08. The molecular weight excluding hydrogens is 310 g/mol. The minimum absolute atomic E-state index is 0.0557. The number of ether oxygens (including phenoxy) is 2. The molecule has 6 heteroatoms. The van der Waals surface area contributed by atoms with Gasteiger partial charge in [-0.25, -0.2) is 0 Å². The van der Waals surface area contributed by atoms with Crippen molar-refractivity contribution >= 4 is 28.8 Å². The molecule has 3 rings (SSSR count). The molecule has 0 radical (unpaired) electrons. The molecule has 0 aliphatic carbocycles. The third kappa shape index (κ3) is 3.31. The van der Waals surface area contributed by atoms with Crippen molar-refractivity contribution in [3.05, 3.63) is 45.1 Å². The van der Waals surface area contributed by atoms with Gasteiger partial charge in [-0.15, -0.1) is 0 Å². The fourth-order valence-electron chi connectivity index (χ4n) is 2.12. The van der Waals surface area contributed by atoms with Gasteiger partial charge in [0.25, 0.3) is 5.91 Å². The largest absolute Gasteiger partial charge is 0.486 e. The summed E-state index contributed by atoms with van der Waals surface area (Å²) in [7, 11) is 0. The van der Waals surface area contributed by atoms with E-state index in [0.29, 0.717) is 48.3 Å². The fourth-order valence-corrected chi connectivity index (χ4v) is 3.05. The summed E-state index contributed by atoms with van der Waals surface area (Å²) < 4.78 is 11.0. The van der Waals surface area contributed by atoms with Crippen LogP contribution in [0.4, 0.5) is 0 Å². The SMILES string of the molecule is O=C(NCCc1cc(Cl)c2c(c1)OCCO2)c1ccsc1. The van der Waals surface area contributed by atoms with Crippen LogP contribution in [0.1, 0.15) is 15.9 Å². The van der Waals surface area contributed by atoms with E-state index >= 15 is 0 Å². The quantitative estimate of drug-likeness (QED) is 0.940. The van der Waals surface area contributed by atoms with E-state index in [1.807, 2.05) is 22.9 Å².